The van der Waals surface area contributed by atoms with E-state index >= 15 is 0 Å². The molecule has 1 amide bonds. The monoisotopic (exact) mass is 411 g/mol. The molecule has 0 spiro atoms. The number of carbonyl (C=O) groups excluding carboxylic acids is 1. The van der Waals surface area contributed by atoms with Gasteiger partial charge in [-0.15, -0.1) is 0 Å². The van der Waals surface area contributed by atoms with E-state index in [0.717, 1.165) is 44.6 Å². The van der Waals surface area contributed by atoms with Gasteiger partial charge in [-0.25, -0.2) is 4.98 Å². The summed E-state index contributed by atoms with van der Waals surface area (Å²) < 4.78 is 5.22. The van der Waals surface area contributed by atoms with Crippen LogP contribution < -0.4 is 10.1 Å². The lowest BCUT2D eigenvalue weighted by atomic mass is 9.98. The highest BCUT2D eigenvalue weighted by atomic mass is 16.5. The van der Waals surface area contributed by atoms with Gasteiger partial charge in [-0.05, 0) is 67.8 Å². The first-order valence-electron chi connectivity index (χ1n) is 10.2. The number of aromatic nitrogens is 2. The van der Waals surface area contributed by atoms with Gasteiger partial charge in [-0.2, -0.15) is 0 Å². The highest BCUT2D eigenvalue weighted by molar-refractivity contribution is 6.08. The number of aryl methyl sites for hydroxylation is 2. The van der Waals surface area contributed by atoms with Gasteiger partial charge in [0.15, 0.2) is 0 Å². The van der Waals surface area contributed by atoms with Crippen LogP contribution in [0.15, 0.2) is 67.0 Å². The van der Waals surface area contributed by atoms with Crippen LogP contribution in [0.1, 0.15) is 40.0 Å². The molecule has 0 saturated heterocycles. The lowest BCUT2D eigenvalue weighted by Gasteiger charge is -2.17. The Hall–Kier alpha value is -3.73. The van der Waals surface area contributed by atoms with E-state index in [-0.39, 0.29) is 11.9 Å². The SMILES string of the molecule is COc1ccc(C(C)NC(=O)c2cc(-c3cccnc3)nc3c(C)c(C)ccc23)cc1. The van der Waals surface area contributed by atoms with Crippen LogP contribution in [0, 0.1) is 13.8 Å². The summed E-state index contributed by atoms with van der Waals surface area (Å²) in [7, 11) is 1.64. The maximum absolute atomic E-state index is 13.4. The predicted octanol–water partition coefficient (Wildman–Crippen LogP) is 5.41. The van der Waals surface area contributed by atoms with E-state index in [0.29, 0.717) is 5.56 Å². The Morgan fingerprint density at radius 3 is 2.52 bits per heavy atom. The topological polar surface area (TPSA) is 64.1 Å². The summed E-state index contributed by atoms with van der Waals surface area (Å²) in [4.78, 5) is 22.4. The van der Waals surface area contributed by atoms with Crippen molar-refractivity contribution in [1.82, 2.24) is 15.3 Å². The number of fused-ring (bicyclic) bond motifs is 1. The van der Waals surface area contributed by atoms with E-state index < -0.39 is 0 Å². The summed E-state index contributed by atoms with van der Waals surface area (Å²) in [6, 6.07) is 17.2. The van der Waals surface area contributed by atoms with Crippen molar-refractivity contribution in [1.29, 1.82) is 0 Å². The summed E-state index contributed by atoms with van der Waals surface area (Å²) in [5.41, 5.74) is 6.27. The molecule has 0 fully saturated rings. The highest BCUT2D eigenvalue weighted by Gasteiger charge is 2.18. The molecular formula is C26H25N3O2. The molecule has 2 heterocycles. The van der Waals surface area contributed by atoms with Crippen LogP contribution in [-0.2, 0) is 0 Å². The lowest BCUT2D eigenvalue weighted by molar-refractivity contribution is 0.0941. The minimum atomic E-state index is -0.157. The third-order valence-corrected chi connectivity index (χ3v) is 5.67. The maximum Gasteiger partial charge on any atom is 0.252 e. The van der Waals surface area contributed by atoms with Crippen LogP contribution in [0.2, 0.25) is 0 Å². The normalized spacial score (nSPS) is 11.9. The molecule has 1 atom stereocenters. The Morgan fingerprint density at radius 2 is 1.84 bits per heavy atom. The minimum absolute atomic E-state index is 0.135. The summed E-state index contributed by atoms with van der Waals surface area (Å²) >= 11 is 0. The van der Waals surface area contributed by atoms with Gasteiger partial charge in [0.2, 0.25) is 0 Å². The molecule has 0 aliphatic rings. The number of methoxy groups -OCH3 is 1. The predicted molar refractivity (Wildman–Crippen MR) is 123 cm³/mol. The van der Waals surface area contributed by atoms with Crippen molar-refractivity contribution in [3.05, 3.63) is 89.2 Å². The molecule has 1 unspecified atom stereocenters. The van der Waals surface area contributed by atoms with Crippen LogP contribution in [0.5, 0.6) is 5.75 Å². The molecule has 0 aliphatic heterocycles. The quantitative estimate of drug-likeness (QED) is 0.477. The van der Waals surface area contributed by atoms with Crippen molar-refractivity contribution in [3.63, 3.8) is 0 Å². The molecule has 5 nitrogen and oxygen atoms in total. The second-order valence-corrected chi connectivity index (χ2v) is 7.67. The summed E-state index contributed by atoms with van der Waals surface area (Å²) in [5.74, 6) is 0.651. The van der Waals surface area contributed by atoms with Crippen molar-refractivity contribution >= 4 is 16.8 Å². The van der Waals surface area contributed by atoms with Gasteiger partial charge in [-0.3, -0.25) is 9.78 Å². The molecule has 31 heavy (non-hydrogen) atoms. The second kappa shape index (κ2) is 8.56. The average molecular weight is 412 g/mol. The fourth-order valence-corrected chi connectivity index (χ4v) is 3.63. The zero-order chi connectivity index (χ0) is 22.0. The second-order valence-electron chi connectivity index (χ2n) is 7.67. The van der Waals surface area contributed by atoms with Gasteiger partial charge in [0.1, 0.15) is 5.75 Å². The van der Waals surface area contributed by atoms with Crippen LogP contribution in [0.4, 0.5) is 0 Å². The highest BCUT2D eigenvalue weighted by Crippen LogP contribution is 2.28. The molecule has 2 aromatic heterocycles. The van der Waals surface area contributed by atoms with Crippen LogP contribution in [-0.4, -0.2) is 23.0 Å². The Balaban J connectivity index is 1.76. The van der Waals surface area contributed by atoms with Crippen molar-refractivity contribution in [2.24, 2.45) is 0 Å². The number of carbonyl (C=O) groups is 1. The number of nitrogens with one attached hydrogen (secondary N) is 1. The van der Waals surface area contributed by atoms with Crippen molar-refractivity contribution in [3.8, 4) is 17.0 Å². The van der Waals surface area contributed by atoms with Crippen LogP contribution >= 0.6 is 0 Å². The van der Waals surface area contributed by atoms with Gasteiger partial charge in [0, 0.05) is 23.3 Å². The van der Waals surface area contributed by atoms with E-state index in [9.17, 15) is 4.79 Å². The fourth-order valence-electron chi connectivity index (χ4n) is 3.63. The molecule has 0 radical (unpaired) electrons. The molecule has 5 heteroatoms. The first-order valence-corrected chi connectivity index (χ1v) is 10.2. The molecule has 0 bridgehead atoms. The van der Waals surface area contributed by atoms with E-state index in [1.54, 1.807) is 19.5 Å². The van der Waals surface area contributed by atoms with Crippen molar-refractivity contribution in [2.75, 3.05) is 7.11 Å². The summed E-state index contributed by atoms with van der Waals surface area (Å²) in [6.45, 7) is 6.07. The summed E-state index contributed by atoms with van der Waals surface area (Å²) in [5, 5.41) is 3.97. The van der Waals surface area contributed by atoms with Gasteiger partial charge in [0.25, 0.3) is 5.91 Å². The molecule has 2 aromatic carbocycles. The Labute approximate surface area is 182 Å². The van der Waals surface area contributed by atoms with Crippen molar-refractivity contribution in [2.45, 2.75) is 26.8 Å². The van der Waals surface area contributed by atoms with Gasteiger partial charge >= 0.3 is 0 Å². The third-order valence-electron chi connectivity index (χ3n) is 5.67. The first kappa shape index (κ1) is 20.5. The minimum Gasteiger partial charge on any atom is -0.497 e. The Morgan fingerprint density at radius 1 is 1.06 bits per heavy atom. The Kier molecular flexibility index (Phi) is 5.67. The molecule has 156 valence electrons. The number of nitrogens with zero attached hydrogens (tertiary/aromatic N) is 2. The number of pyridine rings is 2. The van der Waals surface area contributed by atoms with Crippen LogP contribution in [0.3, 0.4) is 0 Å². The fraction of sp³-hybridized carbons (Fsp3) is 0.192. The third kappa shape index (κ3) is 4.12. The zero-order valence-electron chi connectivity index (χ0n) is 18.1. The number of rotatable bonds is 5. The standard InChI is InChI=1S/C26H25N3O2/c1-16-7-12-22-23(26(30)28-18(3)19-8-10-21(31-4)11-9-19)14-24(29-25(22)17(16)2)20-6-5-13-27-15-20/h5-15,18H,1-4H3,(H,28,30). The van der Waals surface area contributed by atoms with E-state index in [4.69, 9.17) is 9.72 Å². The van der Waals surface area contributed by atoms with Crippen LogP contribution in [0.25, 0.3) is 22.2 Å². The van der Waals surface area contributed by atoms with Crippen molar-refractivity contribution < 1.29 is 9.53 Å². The molecule has 4 rings (SSSR count). The summed E-state index contributed by atoms with van der Waals surface area (Å²) in [6.07, 6.45) is 3.49. The van der Waals surface area contributed by atoms with Gasteiger partial charge < -0.3 is 10.1 Å². The molecule has 1 N–H and O–H groups in total. The number of ether oxygens (including phenoxy) is 1. The molecule has 0 aliphatic carbocycles. The van der Waals surface area contributed by atoms with Gasteiger partial charge in [-0.1, -0.05) is 24.3 Å². The smallest absolute Gasteiger partial charge is 0.252 e. The zero-order valence-corrected chi connectivity index (χ0v) is 18.1. The first-order chi connectivity index (χ1) is 15.0. The Bertz CT molecular complexity index is 1240. The molecule has 0 saturated carbocycles. The van der Waals surface area contributed by atoms with E-state index in [1.165, 1.54) is 0 Å². The van der Waals surface area contributed by atoms with E-state index in [2.05, 4.69) is 17.2 Å². The lowest BCUT2D eigenvalue weighted by Crippen LogP contribution is -2.27. The van der Waals surface area contributed by atoms with E-state index in [1.807, 2.05) is 68.4 Å². The number of hydrogen-bond acceptors (Lipinski definition) is 4. The largest absolute Gasteiger partial charge is 0.497 e. The number of amides is 1. The number of hydrogen-bond donors (Lipinski definition) is 1. The average Bonchev–Trinajstić information content (AvgIpc) is 2.81. The number of benzene rings is 2. The van der Waals surface area contributed by atoms with Gasteiger partial charge in [0.05, 0.1) is 29.9 Å². The molecule has 4 aromatic rings. The molecular weight excluding hydrogens is 386 g/mol. The maximum atomic E-state index is 13.4.